The van der Waals surface area contributed by atoms with Gasteiger partial charge in [0.1, 0.15) is 0 Å². The third kappa shape index (κ3) is 1.15. The first-order valence-corrected chi connectivity index (χ1v) is 4.51. The van der Waals surface area contributed by atoms with Crippen molar-refractivity contribution in [2.45, 2.75) is 6.42 Å². The largest absolute Gasteiger partial charge is 0.353 e. The first kappa shape index (κ1) is 7.15. The molecule has 11 heavy (non-hydrogen) atoms. The fraction of sp³-hybridized carbons (Fsp3) is 0.286. The number of hydrogen-bond acceptors (Lipinski definition) is 1. The molecule has 1 aromatic heterocycles. The Kier molecular flexibility index (Phi) is 1.63. The van der Waals surface area contributed by atoms with Gasteiger partial charge in [0, 0.05) is 18.7 Å². The molecule has 0 atom stereocenters. The van der Waals surface area contributed by atoms with Gasteiger partial charge in [0.2, 0.25) is 0 Å². The highest BCUT2D eigenvalue weighted by atomic mass is 127. The Labute approximate surface area is 77.7 Å². The third-order valence-electron chi connectivity index (χ3n) is 1.77. The minimum atomic E-state index is 0.0467. The molecule has 0 saturated heterocycles. The van der Waals surface area contributed by atoms with Gasteiger partial charge in [-0.15, -0.1) is 0 Å². The van der Waals surface area contributed by atoms with Crippen LogP contribution in [-0.2, 0) is 6.42 Å². The molecule has 1 aliphatic heterocycles. The van der Waals surface area contributed by atoms with Crippen LogP contribution >= 0.6 is 22.6 Å². The Hall–Kier alpha value is -0.520. The highest BCUT2D eigenvalue weighted by Crippen LogP contribution is 2.15. The van der Waals surface area contributed by atoms with Crippen molar-refractivity contribution in [3.05, 3.63) is 21.0 Å². The maximum atomic E-state index is 11.2. The molecule has 0 fully saturated rings. The molecule has 3 nitrogen and oxygen atoms in total. The van der Waals surface area contributed by atoms with E-state index in [1.165, 1.54) is 0 Å². The van der Waals surface area contributed by atoms with Crippen molar-refractivity contribution in [1.82, 2.24) is 10.3 Å². The van der Waals surface area contributed by atoms with E-state index in [1.54, 1.807) is 0 Å². The highest BCUT2D eigenvalue weighted by molar-refractivity contribution is 14.1. The van der Waals surface area contributed by atoms with Crippen LogP contribution in [0.2, 0.25) is 0 Å². The summed E-state index contributed by atoms with van der Waals surface area (Å²) in [5.74, 6) is 0.0467. The summed E-state index contributed by atoms with van der Waals surface area (Å²) in [5.41, 5.74) is 1.87. The van der Waals surface area contributed by atoms with Crippen LogP contribution in [0, 0.1) is 3.70 Å². The van der Waals surface area contributed by atoms with E-state index >= 15 is 0 Å². The summed E-state index contributed by atoms with van der Waals surface area (Å²) in [6.45, 7) is 0.752. The van der Waals surface area contributed by atoms with E-state index in [2.05, 4.69) is 32.9 Å². The average molecular weight is 262 g/mol. The van der Waals surface area contributed by atoms with Crippen LogP contribution in [0.3, 0.4) is 0 Å². The maximum Gasteiger partial charge on any atom is 0.253 e. The Morgan fingerprint density at radius 1 is 1.55 bits per heavy atom. The Morgan fingerprint density at radius 2 is 2.36 bits per heavy atom. The zero-order chi connectivity index (χ0) is 7.84. The molecule has 0 aromatic carbocycles. The lowest BCUT2D eigenvalue weighted by molar-refractivity contribution is 0.0946. The highest BCUT2D eigenvalue weighted by Gasteiger charge is 2.18. The van der Waals surface area contributed by atoms with Crippen LogP contribution < -0.4 is 5.32 Å². The van der Waals surface area contributed by atoms with Gasteiger partial charge in [-0.05, 0) is 28.7 Å². The zero-order valence-corrected chi connectivity index (χ0v) is 7.94. The Bertz CT molecular complexity index is 305. The second kappa shape index (κ2) is 2.51. The number of halogens is 1. The van der Waals surface area contributed by atoms with E-state index in [0.717, 1.165) is 27.9 Å². The molecule has 0 unspecified atom stereocenters. The van der Waals surface area contributed by atoms with Gasteiger partial charge >= 0.3 is 0 Å². The average Bonchev–Trinajstić information content (AvgIpc) is 2.31. The molecule has 0 spiro atoms. The lowest BCUT2D eigenvalue weighted by Crippen LogP contribution is -2.31. The van der Waals surface area contributed by atoms with E-state index in [-0.39, 0.29) is 5.91 Å². The lowest BCUT2D eigenvalue weighted by Gasteiger charge is -2.10. The van der Waals surface area contributed by atoms with Gasteiger partial charge < -0.3 is 10.3 Å². The minimum absolute atomic E-state index is 0.0467. The van der Waals surface area contributed by atoms with Crippen LogP contribution in [0.15, 0.2) is 6.07 Å². The van der Waals surface area contributed by atoms with Crippen molar-refractivity contribution in [3.63, 3.8) is 0 Å². The third-order valence-corrected chi connectivity index (χ3v) is 2.35. The molecule has 2 rings (SSSR count). The molecular weight excluding hydrogens is 255 g/mol. The molecule has 4 heteroatoms. The molecule has 0 bridgehead atoms. The number of fused-ring (bicyclic) bond motifs is 1. The van der Waals surface area contributed by atoms with Crippen LogP contribution in [0.1, 0.15) is 16.1 Å². The van der Waals surface area contributed by atoms with Gasteiger partial charge in [0.05, 0.1) is 9.26 Å². The van der Waals surface area contributed by atoms with E-state index in [1.807, 2.05) is 6.07 Å². The van der Waals surface area contributed by atoms with Crippen molar-refractivity contribution in [2.24, 2.45) is 0 Å². The normalized spacial score (nSPS) is 15.9. The van der Waals surface area contributed by atoms with Crippen molar-refractivity contribution < 1.29 is 4.79 Å². The van der Waals surface area contributed by atoms with Gasteiger partial charge in [0.15, 0.2) is 0 Å². The number of amides is 1. The maximum absolute atomic E-state index is 11.2. The number of carbonyl (C=O) groups is 1. The van der Waals surface area contributed by atoms with Crippen LogP contribution in [-0.4, -0.2) is 17.4 Å². The van der Waals surface area contributed by atoms with Crippen molar-refractivity contribution >= 4 is 28.5 Å². The zero-order valence-electron chi connectivity index (χ0n) is 5.78. The SMILES string of the molecule is O=C1NCCc2[nH]c(I)cc21. The first-order chi connectivity index (χ1) is 5.27. The number of hydrogen-bond donors (Lipinski definition) is 2. The summed E-state index contributed by atoms with van der Waals surface area (Å²) >= 11 is 2.18. The topological polar surface area (TPSA) is 44.9 Å². The van der Waals surface area contributed by atoms with Gasteiger partial charge in [-0.1, -0.05) is 0 Å². The second-order valence-corrected chi connectivity index (χ2v) is 3.68. The molecule has 0 aliphatic carbocycles. The minimum Gasteiger partial charge on any atom is -0.353 e. The standard InChI is InChI=1S/C7H7IN2O/c8-6-3-4-5(10-6)1-2-9-7(4)11/h3,10H,1-2H2,(H,9,11). The molecular formula is C7H7IN2O. The van der Waals surface area contributed by atoms with Crippen molar-refractivity contribution in [2.75, 3.05) is 6.54 Å². The molecule has 1 aromatic rings. The van der Waals surface area contributed by atoms with Gasteiger partial charge in [-0.2, -0.15) is 0 Å². The van der Waals surface area contributed by atoms with Crippen LogP contribution in [0.5, 0.6) is 0 Å². The van der Waals surface area contributed by atoms with Gasteiger partial charge in [0.25, 0.3) is 5.91 Å². The van der Waals surface area contributed by atoms with E-state index in [9.17, 15) is 4.79 Å². The molecule has 1 amide bonds. The number of nitrogens with one attached hydrogen (secondary N) is 2. The molecule has 2 heterocycles. The Balaban J connectivity index is 2.52. The quantitative estimate of drug-likeness (QED) is 0.670. The molecule has 0 radical (unpaired) electrons. The lowest BCUT2D eigenvalue weighted by atomic mass is 10.1. The number of rotatable bonds is 0. The van der Waals surface area contributed by atoms with Crippen molar-refractivity contribution in [3.8, 4) is 0 Å². The summed E-state index contributed by atoms with van der Waals surface area (Å²) in [6.07, 6.45) is 0.921. The summed E-state index contributed by atoms with van der Waals surface area (Å²) in [6, 6.07) is 1.88. The molecule has 58 valence electrons. The second-order valence-electron chi connectivity index (χ2n) is 2.52. The van der Waals surface area contributed by atoms with E-state index < -0.39 is 0 Å². The molecule has 0 saturated carbocycles. The monoisotopic (exact) mass is 262 g/mol. The number of aromatic nitrogens is 1. The fourth-order valence-corrected chi connectivity index (χ4v) is 1.89. The van der Waals surface area contributed by atoms with E-state index in [0.29, 0.717) is 0 Å². The fourth-order valence-electron chi connectivity index (χ4n) is 1.26. The number of aromatic amines is 1. The predicted molar refractivity (Wildman–Crippen MR) is 49.5 cm³/mol. The summed E-state index contributed by atoms with van der Waals surface area (Å²) < 4.78 is 1.03. The van der Waals surface area contributed by atoms with Gasteiger partial charge in [-0.25, -0.2) is 0 Å². The van der Waals surface area contributed by atoms with Crippen LogP contribution in [0.25, 0.3) is 0 Å². The number of H-pyrrole nitrogens is 1. The molecule has 2 N–H and O–H groups in total. The smallest absolute Gasteiger partial charge is 0.253 e. The first-order valence-electron chi connectivity index (χ1n) is 3.43. The summed E-state index contributed by atoms with van der Waals surface area (Å²) in [7, 11) is 0. The predicted octanol–water partition coefficient (Wildman–Crippen LogP) is 0.905. The molecule has 1 aliphatic rings. The number of carbonyl (C=O) groups excluding carboxylic acids is 1. The Morgan fingerprint density at radius 3 is 3.09 bits per heavy atom. The summed E-state index contributed by atoms with van der Waals surface area (Å²) in [5, 5.41) is 2.79. The summed E-state index contributed by atoms with van der Waals surface area (Å²) in [4.78, 5) is 14.3. The van der Waals surface area contributed by atoms with Gasteiger partial charge in [-0.3, -0.25) is 4.79 Å². The van der Waals surface area contributed by atoms with E-state index in [4.69, 9.17) is 0 Å². The van der Waals surface area contributed by atoms with Crippen molar-refractivity contribution in [1.29, 1.82) is 0 Å². The van der Waals surface area contributed by atoms with Crippen LogP contribution in [0.4, 0.5) is 0 Å².